The minimum atomic E-state index is -4.65. The second-order valence-corrected chi connectivity index (χ2v) is 4.58. The third-order valence-electron chi connectivity index (χ3n) is 2.60. The second-order valence-electron chi connectivity index (χ2n) is 4.58. The van der Waals surface area contributed by atoms with Gasteiger partial charge < -0.3 is 5.73 Å². The zero-order chi connectivity index (χ0) is 17.6. The summed E-state index contributed by atoms with van der Waals surface area (Å²) < 4.78 is 38.9. The van der Waals surface area contributed by atoms with Crippen LogP contribution in [0.4, 0.5) is 18.9 Å². The fourth-order valence-corrected chi connectivity index (χ4v) is 1.68. The van der Waals surface area contributed by atoms with Crippen LogP contribution in [0.15, 0.2) is 35.0 Å². The van der Waals surface area contributed by atoms with E-state index in [1.165, 1.54) is 18.2 Å². The van der Waals surface area contributed by atoms with Crippen LogP contribution in [0.3, 0.4) is 0 Å². The maximum Gasteiger partial charge on any atom is 0.417 e. The number of nitrogens with two attached hydrogens (primary N) is 2. The Morgan fingerprint density at radius 3 is 2.61 bits per heavy atom. The molecule has 1 aromatic rings. The first-order valence-electron chi connectivity index (χ1n) is 6.61. The summed E-state index contributed by atoms with van der Waals surface area (Å²) in [5.41, 5.74) is 7.16. The van der Waals surface area contributed by atoms with Gasteiger partial charge in [-0.15, -0.1) is 0 Å². The van der Waals surface area contributed by atoms with Gasteiger partial charge in [-0.2, -0.15) is 18.4 Å². The maximum atomic E-state index is 13.0. The van der Waals surface area contributed by atoms with Crippen LogP contribution in [0, 0.1) is 11.3 Å². The minimum absolute atomic E-state index is 0.00261. The van der Waals surface area contributed by atoms with E-state index in [4.69, 9.17) is 16.8 Å². The molecule has 1 aromatic carbocycles. The Morgan fingerprint density at radius 2 is 2.13 bits per heavy atom. The van der Waals surface area contributed by atoms with Crippen molar-refractivity contribution >= 4 is 11.5 Å². The summed E-state index contributed by atoms with van der Waals surface area (Å²) in [4.78, 5) is 4.06. The van der Waals surface area contributed by atoms with Crippen molar-refractivity contribution in [3.8, 4) is 6.07 Å². The molecule has 0 saturated heterocycles. The summed E-state index contributed by atoms with van der Waals surface area (Å²) in [6, 6.07) is 4.66. The third kappa shape index (κ3) is 5.28. The molecule has 6 nitrogen and oxygen atoms in total. The number of benzene rings is 1. The Kier molecular flexibility index (Phi) is 6.12. The average Bonchev–Trinajstić information content (AvgIpc) is 2.45. The molecule has 0 unspecified atom stereocenters. The summed E-state index contributed by atoms with van der Waals surface area (Å²) in [5.74, 6) is 5.85. The lowest BCUT2D eigenvalue weighted by atomic mass is 10.1. The highest BCUT2D eigenvalue weighted by Gasteiger charge is 2.33. The van der Waals surface area contributed by atoms with Crippen LogP contribution in [0.2, 0.25) is 0 Å². The molecule has 0 aliphatic heterocycles. The van der Waals surface area contributed by atoms with Gasteiger partial charge in [0.25, 0.3) is 0 Å². The highest BCUT2D eigenvalue weighted by molar-refractivity contribution is 5.94. The lowest BCUT2D eigenvalue weighted by molar-refractivity contribution is -0.137. The van der Waals surface area contributed by atoms with E-state index < -0.39 is 17.3 Å². The molecular weight excluding hydrogens is 309 g/mol. The standard InChI is InChI=1S/C14H17F3N6/c1-3-21-23(20)13(6-9(2)19)22-11-5-4-10(8-18)12(7-11)14(15,16)17/h4-7,21H,3,19-20H2,1-2H3. The monoisotopic (exact) mass is 326 g/mol. The van der Waals surface area contributed by atoms with Crippen LogP contribution in [-0.2, 0) is 6.18 Å². The molecule has 0 radical (unpaired) electrons. The normalized spacial score (nSPS) is 12.9. The van der Waals surface area contributed by atoms with Crippen LogP contribution >= 0.6 is 0 Å². The molecule has 5 N–H and O–H groups in total. The highest BCUT2D eigenvalue weighted by Crippen LogP contribution is 2.34. The van der Waals surface area contributed by atoms with Gasteiger partial charge in [0, 0.05) is 18.3 Å². The van der Waals surface area contributed by atoms with Crippen molar-refractivity contribution in [3.05, 3.63) is 41.1 Å². The van der Waals surface area contributed by atoms with Crippen LogP contribution in [0.1, 0.15) is 25.0 Å². The number of alkyl halides is 3. The SMILES string of the molecule is CCNN(N)C(C=C(C)N)=Nc1ccc(C#N)c(C(F)(F)F)c1. The van der Waals surface area contributed by atoms with Gasteiger partial charge in [-0.3, -0.25) is 0 Å². The van der Waals surface area contributed by atoms with Gasteiger partial charge in [0.1, 0.15) is 0 Å². The Labute approximate surface area is 131 Å². The van der Waals surface area contributed by atoms with Crippen molar-refractivity contribution in [2.75, 3.05) is 6.54 Å². The predicted molar refractivity (Wildman–Crippen MR) is 80.9 cm³/mol. The number of hydrazine groups is 2. The third-order valence-corrected chi connectivity index (χ3v) is 2.60. The van der Waals surface area contributed by atoms with E-state index in [0.29, 0.717) is 12.2 Å². The summed E-state index contributed by atoms with van der Waals surface area (Å²) in [6.07, 6.45) is -3.24. The minimum Gasteiger partial charge on any atom is -0.402 e. The summed E-state index contributed by atoms with van der Waals surface area (Å²) in [5, 5.41) is 9.84. The molecule has 0 spiro atoms. The lowest BCUT2D eigenvalue weighted by Gasteiger charge is -2.19. The molecule has 0 saturated carbocycles. The molecule has 0 aliphatic rings. The van der Waals surface area contributed by atoms with Crippen molar-refractivity contribution in [3.63, 3.8) is 0 Å². The van der Waals surface area contributed by atoms with Gasteiger partial charge >= 0.3 is 6.18 Å². The number of hydrogen-bond acceptors (Lipinski definition) is 5. The smallest absolute Gasteiger partial charge is 0.402 e. The zero-order valence-corrected chi connectivity index (χ0v) is 12.6. The quantitative estimate of drug-likeness (QED) is 0.340. The molecule has 0 amide bonds. The first kappa shape index (κ1) is 18.5. The van der Waals surface area contributed by atoms with Crippen molar-refractivity contribution in [1.29, 1.82) is 5.26 Å². The van der Waals surface area contributed by atoms with Gasteiger partial charge in [-0.25, -0.2) is 21.4 Å². The van der Waals surface area contributed by atoms with E-state index >= 15 is 0 Å². The van der Waals surface area contributed by atoms with Crippen LogP contribution in [-0.4, -0.2) is 17.5 Å². The van der Waals surface area contributed by atoms with Crippen LogP contribution in [0.5, 0.6) is 0 Å². The largest absolute Gasteiger partial charge is 0.417 e. The number of nitrogens with zero attached hydrogens (tertiary/aromatic N) is 3. The first-order valence-corrected chi connectivity index (χ1v) is 6.61. The maximum absolute atomic E-state index is 13.0. The first-order chi connectivity index (χ1) is 10.7. The van der Waals surface area contributed by atoms with Gasteiger partial charge in [-0.05, 0) is 25.1 Å². The van der Waals surface area contributed by atoms with E-state index in [1.807, 2.05) is 0 Å². The number of aliphatic imine (C=N–C) groups is 1. The molecule has 0 bridgehead atoms. The van der Waals surface area contributed by atoms with Gasteiger partial charge in [0.15, 0.2) is 5.84 Å². The summed E-state index contributed by atoms with van der Waals surface area (Å²) in [7, 11) is 0. The van der Waals surface area contributed by atoms with Crippen LogP contribution < -0.4 is 17.0 Å². The van der Waals surface area contributed by atoms with Gasteiger partial charge in [0.05, 0.1) is 22.9 Å². The zero-order valence-electron chi connectivity index (χ0n) is 12.6. The summed E-state index contributed by atoms with van der Waals surface area (Å²) in [6.45, 7) is 3.86. The van der Waals surface area contributed by atoms with Crippen molar-refractivity contribution in [2.45, 2.75) is 20.0 Å². The molecule has 124 valence electrons. The number of hydrogen-bond donors (Lipinski definition) is 3. The number of halogens is 3. The molecule has 0 heterocycles. The van der Waals surface area contributed by atoms with E-state index in [2.05, 4.69) is 10.4 Å². The molecule has 23 heavy (non-hydrogen) atoms. The number of allylic oxidation sites excluding steroid dienone is 1. The second kappa shape index (κ2) is 7.62. The van der Waals surface area contributed by atoms with E-state index in [0.717, 1.165) is 17.3 Å². The lowest BCUT2D eigenvalue weighted by Crippen LogP contribution is -2.47. The number of rotatable bonds is 4. The average molecular weight is 326 g/mol. The van der Waals surface area contributed by atoms with Gasteiger partial charge in [0.2, 0.25) is 0 Å². The Morgan fingerprint density at radius 1 is 1.48 bits per heavy atom. The fraction of sp³-hybridized carbons (Fsp3) is 0.286. The Balaban J connectivity index is 3.37. The van der Waals surface area contributed by atoms with Gasteiger partial charge in [-0.1, -0.05) is 6.92 Å². The molecule has 0 aromatic heterocycles. The van der Waals surface area contributed by atoms with Crippen molar-refractivity contribution < 1.29 is 13.2 Å². The van der Waals surface area contributed by atoms with E-state index in [-0.39, 0.29) is 11.5 Å². The molecule has 0 aliphatic carbocycles. The molecular formula is C14H17F3N6. The Hall–Kier alpha value is -2.57. The fourth-order valence-electron chi connectivity index (χ4n) is 1.68. The van der Waals surface area contributed by atoms with Crippen molar-refractivity contribution in [1.82, 2.24) is 10.5 Å². The number of amidine groups is 1. The van der Waals surface area contributed by atoms with E-state index in [1.54, 1.807) is 13.8 Å². The van der Waals surface area contributed by atoms with Crippen molar-refractivity contribution in [2.24, 2.45) is 16.6 Å². The predicted octanol–water partition coefficient (Wildman–Crippen LogP) is 2.17. The Bertz CT molecular complexity index is 653. The molecule has 0 atom stereocenters. The van der Waals surface area contributed by atoms with E-state index in [9.17, 15) is 13.2 Å². The summed E-state index contributed by atoms with van der Waals surface area (Å²) >= 11 is 0. The topological polar surface area (TPSA) is 103 Å². The van der Waals surface area contributed by atoms with Crippen LogP contribution in [0.25, 0.3) is 0 Å². The molecule has 0 fully saturated rings. The molecule has 9 heteroatoms. The number of nitrogens with one attached hydrogen (secondary N) is 1. The molecule has 1 rings (SSSR count). The highest BCUT2D eigenvalue weighted by atomic mass is 19.4. The number of nitriles is 1.